The molecule has 0 bridgehead atoms. The number of aliphatic hydroxyl groups excluding tert-OH is 1. The van der Waals surface area contributed by atoms with Crippen molar-refractivity contribution in [3.63, 3.8) is 0 Å². The summed E-state index contributed by atoms with van der Waals surface area (Å²) in [5.41, 5.74) is 1.47. The minimum Gasteiger partial charge on any atom is -0.391 e. The van der Waals surface area contributed by atoms with Gasteiger partial charge in [0, 0.05) is 13.0 Å². The van der Waals surface area contributed by atoms with Crippen molar-refractivity contribution in [2.45, 2.75) is 12.5 Å². The molecule has 0 fully saturated rings. The Morgan fingerprint density at radius 1 is 1.04 bits per heavy atom. The van der Waals surface area contributed by atoms with Gasteiger partial charge in [0.15, 0.2) is 0 Å². The SMILES string of the molecule is N#Cc1ccccc1NC(=O)C(=O)NCC(O)Cc1ccccc1. The van der Waals surface area contributed by atoms with Crippen LogP contribution in [-0.4, -0.2) is 29.6 Å². The smallest absolute Gasteiger partial charge is 0.313 e. The fraction of sp³-hybridized carbons (Fsp3) is 0.167. The molecular formula is C18H17N3O3. The van der Waals surface area contributed by atoms with E-state index in [9.17, 15) is 14.7 Å². The molecular weight excluding hydrogens is 306 g/mol. The zero-order valence-corrected chi connectivity index (χ0v) is 12.9. The minimum atomic E-state index is -0.885. The molecule has 0 saturated heterocycles. The van der Waals surface area contributed by atoms with Gasteiger partial charge < -0.3 is 15.7 Å². The average molecular weight is 323 g/mol. The lowest BCUT2D eigenvalue weighted by Crippen LogP contribution is -2.40. The molecule has 0 saturated carbocycles. The third kappa shape index (κ3) is 4.93. The maximum atomic E-state index is 11.8. The van der Waals surface area contributed by atoms with Gasteiger partial charge in [-0.1, -0.05) is 42.5 Å². The van der Waals surface area contributed by atoms with E-state index in [2.05, 4.69) is 10.6 Å². The van der Waals surface area contributed by atoms with E-state index >= 15 is 0 Å². The van der Waals surface area contributed by atoms with Gasteiger partial charge in [0.05, 0.1) is 17.4 Å². The summed E-state index contributed by atoms with van der Waals surface area (Å²) < 4.78 is 0. The van der Waals surface area contributed by atoms with Crippen LogP contribution < -0.4 is 10.6 Å². The van der Waals surface area contributed by atoms with Crippen LogP contribution in [0.5, 0.6) is 0 Å². The summed E-state index contributed by atoms with van der Waals surface area (Å²) >= 11 is 0. The number of nitriles is 1. The maximum absolute atomic E-state index is 11.8. The van der Waals surface area contributed by atoms with Crippen LogP contribution in [0.25, 0.3) is 0 Å². The zero-order chi connectivity index (χ0) is 17.4. The molecule has 0 radical (unpaired) electrons. The van der Waals surface area contributed by atoms with Gasteiger partial charge in [-0.2, -0.15) is 5.26 Å². The van der Waals surface area contributed by atoms with Crippen molar-refractivity contribution in [3.8, 4) is 6.07 Å². The Balaban J connectivity index is 1.83. The predicted molar refractivity (Wildman–Crippen MR) is 88.9 cm³/mol. The molecule has 2 aromatic rings. The highest BCUT2D eigenvalue weighted by Crippen LogP contribution is 2.13. The lowest BCUT2D eigenvalue weighted by atomic mass is 10.1. The van der Waals surface area contributed by atoms with Gasteiger partial charge in [-0.05, 0) is 17.7 Å². The summed E-state index contributed by atoms with van der Waals surface area (Å²) in [5, 5.41) is 23.6. The Labute approximate surface area is 139 Å². The van der Waals surface area contributed by atoms with Crippen LogP contribution in [0.15, 0.2) is 54.6 Å². The molecule has 1 unspecified atom stereocenters. The average Bonchev–Trinajstić information content (AvgIpc) is 2.61. The number of aliphatic hydroxyl groups is 1. The first-order valence-electron chi connectivity index (χ1n) is 7.40. The Morgan fingerprint density at radius 2 is 1.71 bits per heavy atom. The van der Waals surface area contributed by atoms with Crippen molar-refractivity contribution < 1.29 is 14.7 Å². The van der Waals surface area contributed by atoms with Crippen molar-refractivity contribution in [1.29, 1.82) is 5.26 Å². The van der Waals surface area contributed by atoms with E-state index < -0.39 is 17.9 Å². The standard InChI is InChI=1S/C18H17N3O3/c19-11-14-8-4-5-9-16(14)21-18(24)17(23)20-12-15(22)10-13-6-2-1-3-7-13/h1-9,15,22H,10,12H2,(H,20,23)(H,21,24). The molecule has 6 heteroatoms. The van der Waals surface area contributed by atoms with Crippen LogP contribution in [-0.2, 0) is 16.0 Å². The van der Waals surface area contributed by atoms with Crippen LogP contribution in [0.4, 0.5) is 5.69 Å². The molecule has 1 atom stereocenters. The number of carbonyl (C=O) groups is 2. The topological polar surface area (TPSA) is 102 Å². The number of nitrogens with one attached hydrogen (secondary N) is 2. The second kappa shape index (κ2) is 8.46. The summed E-state index contributed by atoms with van der Waals surface area (Å²) in [6.45, 7) is -0.0406. The second-order valence-corrected chi connectivity index (χ2v) is 5.17. The molecule has 0 heterocycles. The fourth-order valence-corrected chi connectivity index (χ4v) is 2.12. The van der Waals surface area contributed by atoms with Crippen molar-refractivity contribution in [2.24, 2.45) is 0 Å². The van der Waals surface area contributed by atoms with E-state index in [0.717, 1.165) is 5.56 Å². The predicted octanol–water partition coefficient (Wildman–Crippen LogP) is 1.22. The molecule has 3 N–H and O–H groups in total. The molecule has 0 aliphatic carbocycles. The van der Waals surface area contributed by atoms with Gasteiger partial charge in [-0.15, -0.1) is 0 Å². The van der Waals surface area contributed by atoms with E-state index in [1.54, 1.807) is 12.1 Å². The van der Waals surface area contributed by atoms with Crippen LogP contribution in [0.2, 0.25) is 0 Å². The molecule has 2 aromatic carbocycles. The van der Waals surface area contributed by atoms with Gasteiger partial charge in [0.25, 0.3) is 0 Å². The zero-order valence-electron chi connectivity index (χ0n) is 12.9. The number of hydrogen-bond donors (Lipinski definition) is 3. The molecule has 2 rings (SSSR count). The summed E-state index contributed by atoms with van der Waals surface area (Å²) in [5.74, 6) is -1.75. The van der Waals surface area contributed by atoms with Gasteiger partial charge in [0.1, 0.15) is 6.07 Å². The Hall–Kier alpha value is -3.17. The highest BCUT2D eigenvalue weighted by Gasteiger charge is 2.16. The fourth-order valence-electron chi connectivity index (χ4n) is 2.12. The summed E-state index contributed by atoms with van der Waals surface area (Å²) in [6, 6.07) is 17.7. The minimum absolute atomic E-state index is 0.0406. The lowest BCUT2D eigenvalue weighted by Gasteiger charge is -2.12. The Kier molecular flexibility index (Phi) is 6.06. The normalized spacial score (nSPS) is 11.2. The van der Waals surface area contributed by atoms with Crippen molar-refractivity contribution in [1.82, 2.24) is 5.32 Å². The summed E-state index contributed by atoms with van der Waals surface area (Å²) in [4.78, 5) is 23.6. The summed E-state index contributed by atoms with van der Waals surface area (Å²) in [6.07, 6.45) is -0.421. The second-order valence-electron chi connectivity index (χ2n) is 5.17. The molecule has 0 spiro atoms. The monoisotopic (exact) mass is 323 g/mol. The first-order chi connectivity index (χ1) is 11.6. The number of rotatable bonds is 5. The Morgan fingerprint density at radius 3 is 2.42 bits per heavy atom. The van der Waals surface area contributed by atoms with E-state index in [1.807, 2.05) is 36.4 Å². The number of hydrogen-bond acceptors (Lipinski definition) is 4. The third-order valence-corrected chi connectivity index (χ3v) is 3.31. The van der Waals surface area contributed by atoms with Crippen molar-refractivity contribution >= 4 is 17.5 Å². The lowest BCUT2D eigenvalue weighted by molar-refractivity contribution is -0.136. The van der Waals surface area contributed by atoms with E-state index in [0.29, 0.717) is 6.42 Å². The molecule has 0 aliphatic heterocycles. The number of para-hydroxylation sites is 1. The van der Waals surface area contributed by atoms with E-state index in [1.165, 1.54) is 12.1 Å². The first-order valence-corrected chi connectivity index (χ1v) is 7.40. The molecule has 6 nitrogen and oxygen atoms in total. The molecule has 0 aliphatic rings. The van der Waals surface area contributed by atoms with Gasteiger partial charge in [-0.3, -0.25) is 9.59 Å². The highest BCUT2D eigenvalue weighted by atomic mass is 16.3. The maximum Gasteiger partial charge on any atom is 0.313 e. The number of carbonyl (C=O) groups excluding carboxylic acids is 2. The van der Waals surface area contributed by atoms with Gasteiger partial charge in [-0.25, -0.2) is 0 Å². The van der Waals surface area contributed by atoms with Crippen LogP contribution in [0.3, 0.4) is 0 Å². The number of nitrogens with zero attached hydrogens (tertiary/aromatic N) is 1. The number of benzene rings is 2. The first kappa shape index (κ1) is 17.2. The van der Waals surface area contributed by atoms with Crippen LogP contribution >= 0.6 is 0 Å². The summed E-state index contributed by atoms with van der Waals surface area (Å²) in [7, 11) is 0. The number of amides is 2. The Bertz CT molecular complexity index is 754. The number of anilines is 1. The van der Waals surface area contributed by atoms with E-state index in [-0.39, 0.29) is 17.8 Å². The molecule has 0 aromatic heterocycles. The molecule has 122 valence electrons. The third-order valence-electron chi connectivity index (χ3n) is 3.31. The largest absolute Gasteiger partial charge is 0.391 e. The van der Waals surface area contributed by atoms with Gasteiger partial charge >= 0.3 is 11.8 Å². The highest BCUT2D eigenvalue weighted by molar-refractivity contribution is 6.39. The van der Waals surface area contributed by atoms with E-state index in [4.69, 9.17) is 5.26 Å². The van der Waals surface area contributed by atoms with Crippen LogP contribution in [0.1, 0.15) is 11.1 Å². The molecule has 24 heavy (non-hydrogen) atoms. The quantitative estimate of drug-likeness (QED) is 0.720. The van der Waals surface area contributed by atoms with Crippen LogP contribution in [0, 0.1) is 11.3 Å². The van der Waals surface area contributed by atoms with Crippen molar-refractivity contribution in [2.75, 3.05) is 11.9 Å². The van der Waals surface area contributed by atoms with Gasteiger partial charge in [0.2, 0.25) is 0 Å². The molecule has 2 amide bonds. The van der Waals surface area contributed by atoms with Crippen molar-refractivity contribution in [3.05, 3.63) is 65.7 Å².